The molecule has 1 rings (SSSR count). The number of ether oxygens (including phenoxy) is 1. The first-order chi connectivity index (χ1) is 11.9. The SMILES string of the molecule is CCOC(=O)C(C)=NN(C)C(=O)Cc1c(CC)cc(CC)cc1CC. The normalized spacial score (nSPS) is 11.4. The maximum Gasteiger partial charge on any atom is 0.354 e. The molecule has 1 aromatic carbocycles. The van der Waals surface area contributed by atoms with Crippen molar-refractivity contribution in [2.45, 2.75) is 60.3 Å². The van der Waals surface area contributed by atoms with Crippen molar-refractivity contribution in [1.29, 1.82) is 0 Å². The van der Waals surface area contributed by atoms with E-state index in [0.29, 0.717) is 0 Å². The van der Waals surface area contributed by atoms with Gasteiger partial charge in [-0.2, -0.15) is 5.10 Å². The van der Waals surface area contributed by atoms with Crippen LogP contribution in [-0.4, -0.2) is 36.3 Å². The number of hydrogen-bond acceptors (Lipinski definition) is 4. The predicted octanol–water partition coefficient (Wildman–Crippen LogP) is 3.31. The highest BCUT2D eigenvalue weighted by molar-refractivity contribution is 6.35. The molecule has 1 aromatic rings. The summed E-state index contributed by atoms with van der Waals surface area (Å²) in [5.74, 6) is -0.643. The number of hydrogen-bond donors (Lipinski definition) is 0. The molecule has 25 heavy (non-hydrogen) atoms. The highest BCUT2D eigenvalue weighted by atomic mass is 16.5. The first-order valence-electron chi connectivity index (χ1n) is 9.00. The van der Waals surface area contributed by atoms with Crippen LogP contribution in [0.2, 0.25) is 0 Å². The third-order valence-corrected chi connectivity index (χ3v) is 4.22. The van der Waals surface area contributed by atoms with Gasteiger partial charge in [0.1, 0.15) is 5.71 Å². The number of aryl methyl sites for hydroxylation is 3. The molecule has 0 aliphatic carbocycles. The van der Waals surface area contributed by atoms with Gasteiger partial charge in [-0.1, -0.05) is 32.9 Å². The number of carbonyl (C=O) groups excluding carboxylic acids is 2. The fourth-order valence-electron chi connectivity index (χ4n) is 2.75. The van der Waals surface area contributed by atoms with Crippen molar-refractivity contribution >= 4 is 17.6 Å². The summed E-state index contributed by atoms with van der Waals surface area (Å²) in [4.78, 5) is 24.2. The highest BCUT2D eigenvalue weighted by Gasteiger charge is 2.17. The average Bonchev–Trinajstić information content (AvgIpc) is 2.61. The van der Waals surface area contributed by atoms with E-state index in [1.54, 1.807) is 20.9 Å². The van der Waals surface area contributed by atoms with E-state index >= 15 is 0 Å². The summed E-state index contributed by atoms with van der Waals surface area (Å²) >= 11 is 0. The Morgan fingerprint density at radius 3 is 2.04 bits per heavy atom. The Labute approximate surface area is 151 Å². The molecule has 0 spiro atoms. The van der Waals surface area contributed by atoms with Crippen LogP contribution in [0.1, 0.15) is 56.9 Å². The summed E-state index contributed by atoms with van der Waals surface area (Å²) in [7, 11) is 1.57. The number of likely N-dealkylation sites (N-methyl/N-ethyl adjacent to an activating group) is 1. The van der Waals surface area contributed by atoms with Gasteiger partial charge < -0.3 is 4.74 Å². The number of esters is 1. The van der Waals surface area contributed by atoms with Crippen LogP contribution in [-0.2, 0) is 40.0 Å². The van der Waals surface area contributed by atoms with Gasteiger partial charge in [0, 0.05) is 7.05 Å². The third kappa shape index (κ3) is 5.69. The topological polar surface area (TPSA) is 59.0 Å². The van der Waals surface area contributed by atoms with Crippen LogP contribution in [0.25, 0.3) is 0 Å². The minimum absolute atomic E-state index is 0.141. The molecule has 0 aromatic heterocycles. The molecule has 1 amide bonds. The zero-order chi connectivity index (χ0) is 19.0. The van der Waals surface area contributed by atoms with E-state index in [-0.39, 0.29) is 24.6 Å². The van der Waals surface area contributed by atoms with Crippen molar-refractivity contribution in [2.75, 3.05) is 13.7 Å². The Morgan fingerprint density at radius 2 is 1.60 bits per heavy atom. The fraction of sp³-hybridized carbons (Fsp3) is 0.550. The van der Waals surface area contributed by atoms with E-state index in [9.17, 15) is 9.59 Å². The number of rotatable bonds is 8. The molecule has 0 aliphatic heterocycles. The Morgan fingerprint density at radius 1 is 1.04 bits per heavy atom. The van der Waals surface area contributed by atoms with Crippen LogP contribution in [0.5, 0.6) is 0 Å². The number of benzene rings is 1. The van der Waals surface area contributed by atoms with E-state index in [0.717, 1.165) is 24.8 Å². The van der Waals surface area contributed by atoms with Crippen LogP contribution in [0, 0.1) is 0 Å². The second-order valence-electron chi connectivity index (χ2n) is 5.95. The van der Waals surface area contributed by atoms with Gasteiger partial charge in [-0.3, -0.25) is 4.79 Å². The van der Waals surface area contributed by atoms with Crippen LogP contribution in [0.15, 0.2) is 17.2 Å². The fourth-order valence-corrected chi connectivity index (χ4v) is 2.75. The van der Waals surface area contributed by atoms with Crippen molar-refractivity contribution in [2.24, 2.45) is 5.10 Å². The van der Waals surface area contributed by atoms with Gasteiger partial charge in [-0.05, 0) is 55.4 Å². The summed E-state index contributed by atoms with van der Waals surface area (Å²) in [5.41, 5.74) is 4.98. The lowest BCUT2D eigenvalue weighted by Gasteiger charge is -2.18. The van der Waals surface area contributed by atoms with Gasteiger partial charge in [-0.15, -0.1) is 0 Å². The van der Waals surface area contributed by atoms with E-state index in [1.165, 1.54) is 21.7 Å². The Bertz CT molecular complexity index is 625. The number of nitrogens with zero attached hydrogens (tertiary/aromatic N) is 2. The van der Waals surface area contributed by atoms with Crippen LogP contribution in [0.3, 0.4) is 0 Å². The minimum atomic E-state index is -0.502. The van der Waals surface area contributed by atoms with Gasteiger partial charge >= 0.3 is 5.97 Å². The molecule has 0 radical (unpaired) electrons. The second-order valence-corrected chi connectivity index (χ2v) is 5.95. The maximum absolute atomic E-state index is 12.6. The minimum Gasteiger partial charge on any atom is -0.461 e. The van der Waals surface area contributed by atoms with Crippen molar-refractivity contribution in [3.8, 4) is 0 Å². The standard InChI is InChI=1S/C20H30N2O3/c1-7-15-11-16(8-2)18(17(9-3)12-15)13-19(23)22(6)21-14(5)20(24)25-10-4/h11-12H,7-10,13H2,1-6H3. The van der Waals surface area contributed by atoms with Crippen LogP contribution in [0.4, 0.5) is 0 Å². The lowest BCUT2D eigenvalue weighted by Crippen LogP contribution is -2.27. The first kappa shape index (κ1) is 20.9. The van der Waals surface area contributed by atoms with Crippen molar-refractivity contribution < 1.29 is 14.3 Å². The summed E-state index contributed by atoms with van der Waals surface area (Å²) in [6.45, 7) is 9.92. The molecule has 138 valence electrons. The summed E-state index contributed by atoms with van der Waals surface area (Å²) in [6, 6.07) is 4.38. The van der Waals surface area contributed by atoms with E-state index < -0.39 is 5.97 Å². The number of hydrazone groups is 1. The van der Waals surface area contributed by atoms with E-state index in [1.807, 2.05) is 0 Å². The molecule has 0 aliphatic rings. The van der Waals surface area contributed by atoms with Gasteiger partial charge in [0.05, 0.1) is 13.0 Å². The van der Waals surface area contributed by atoms with Gasteiger partial charge in [-0.25, -0.2) is 9.80 Å². The molecule has 0 unspecified atom stereocenters. The third-order valence-electron chi connectivity index (χ3n) is 4.22. The molecular weight excluding hydrogens is 316 g/mol. The molecule has 0 N–H and O–H groups in total. The summed E-state index contributed by atoms with van der Waals surface area (Å²) in [6.07, 6.45) is 3.04. The molecule has 0 bridgehead atoms. The summed E-state index contributed by atoms with van der Waals surface area (Å²) in [5, 5.41) is 5.30. The molecule has 0 saturated carbocycles. The Hall–Kier alpha value is -2.17. The summed E-state index contributed by atoms with van der Waals surface area (Å²) < 4.78 is 4.89. The first-order valence-corrected chi connectivity index (χ1v) is 9.00. The van der Waals surface area contributed by atoms with Crippen LogP contribution < -0.4 is 0 Å². The molecular formula is C20H30N2O3. The average molecular weight is 346 g/mol. The quantitative estimate of drug-likeness (QED) is 0.412. The van der Waals surface area contributed by atoms with Gasteiger partial charge in [0.2, 0.25) is 5.91 Å². The van der Waals surface area contributed by atoms with E-state index in [2.05, 4.69) is 38.0 Å². The Balaban J connectivity index is 3.03. The molecule has 0 atom stereocenters. The zero-order valence-electron chi connectivity index (χ0n) is 16.3. The molecule has 5 nitrogen and oxygen atoms in total. The monoisotopic (exact) mass is 346 g/mol. The van der Waals surface area contributed by atoms with Crippen molar-refractivity contribution in [1.82, 2.24) is 5.01 Å². The lowest BCUT2D eigenvalue weighted by atomic mass is 9.91. The van der Waals surface area contributed by atoms with Crippen molar-refractivity contribution in [3.63, 3.8) is 0 Å². The largest absolute Gasteiger partial charge is 0.461 e. The van der Waals surface area contributed by atoms with Gasteiger partial charge in [0.15, 0.2) is 0 Å². The molecule has 0 heterocycles. The van der Waals surface area contributed by atoms with Crippen LogP contribution >= 0.6 is 0 Å². The highest BCUT2D eigenvalue weighted by Crippen LogP contribution is 2.21. The second kappa shape index (κ2) is 9.97. The van der Waals surface area contributed by atoms with Crippen molar-refractivity contribution in [3.05, 3.63) is 34.4 Å². The lowest BCUT2D eigenvalue weighted by molar-refractivity contribution is -0.135. The Kier molecular flexibility index (Phi) is 8.32. The smallest absolute Gasteiger partial charge is 0.354 e. The molecule has 5 heteroatoms. The predicted molar refractivity (Wildman–Crippen MR) is 101 cm³/mol. The van der Waals surface area contributed by atoms with E-state index in [4.69, 9.17) is 4.74 Å². The molecule has 0 saturated heterocycles. The van der Waals surface area contributed by atoms with Gasteiger partial charge in [0.25, 0.3) is 0 Å². The maximum atomic E-state index is 12.6. The molecule has 0 fully saturated rings. The number of amides is 1. The number of carbonyl (C=O) groups is 2. The zero-order valence-corrected chi connectivity index (χ0v) is 16.3.